The first kappa shape index (κ1) is 15.1. The lowest BCUT2D eigenvalue weighted by molar-refractivity contribution is -0.384. The summed E-state index contributed by atoms with van der Waals surface area (Å²) in [5.74, 6) is -0.584. The zero-order valence-corrected chi connectivity index (χ0v) is 13.3. The number of aromatic amines is 1. The molecule has 0 aliphatic heterocycles. The third-order valence-corrected chi connectivity index (χ3v) is 3.72. The van der Waals surface area contributed by atoms with Crippen LogP contribution < -0.4 is 0 Å². The van der Waals surface area contributed by atoms with Crippen molar-refractivity contribution in [2.75, 3.05) is 6.61 Å². The van der Waals surface area contributed by atoms with E-state index >= 15 is 0 Å². The minimum absolute atomic E-state index is 0.0793. The quantitative estimate of drug-likeness (QED) is 0.416. The summed E-state index contributed by atoms with van der Waals surface area (Å²) in [7, 11) is 0. The molecule has 0 fully saturated rings. The number of aromatic nitrogens is 5. The summed E-state index contributed by atoms with van der Waals surface area (Å²) in [6.07, 6.45) is 4.05. The molecule has 11 heteroatoms. The summed E-state index contributed by atoms with van der Waals surface area (Å²) >= 11 is 3.26. The molecule has 0 saturated carbocycles. The second kappa shape index (κ2) is 5.76. The molecule has 3 aromatic heterocycles. The van der Waals surface area contributed by atoms with Gasteiger partial charge in [-0.2, -0.15) is 10.2 Å². The predicted molar refractivity (Wildman–Crippen MR) is 80.9 cm³/mol. The Balaban J connectivity index is 2.11. The molecule has 0 aliphatic carbocycles. The van der Waals surface area contributed by atoms with Gasteiger partial charge in [0.1, 0.15) is 11.9 Å². The van der Waals surface area contributed by atoms with Crippen molar-refractivity contribution < 1.29 is 14.5 Å². The number of esters is 1. The molecule has 1 N–H and O–H groups in total. The molecule has 0 radical (unpaired) electrons. The van der Waals surface area contributed by atoms with Gasteiger partial charge in [-0.1, -0.05) is 0 Å². The second-order valence-corrected chi connectivity index (χ2v) is 5.17. The molecule has 23 heavy (non-hydrogen) atoms. The van der Waals surface area contributed by atoms with E-state index in [0.717, 1.165) is 6.20 Å². The van der Waals surface area contributed by atoms with Crippen LogP contribution in [0.1, 0.15) is 17.4 Å². The molecule has 0 spiro atoms. The Bertz CT molecular complexity index is 918. The Morgan fingerprint density at radius 2 is 2.30 bits per heavy atom. The lowest BCUT2D eigenvalue weighted by Gasteiger charge is -1.98. The number of nitrogens with zero attached hydrogens (tertiary/aromatic N) is 5. The van der Waals surface area contributed by atoms with Crippen LogP contribution in [0.5, 0.6) is 0 Å². The van der Waals surface area contributed by atoms with Gasteiger partial charge in [0, 0.05) is 18.0 Å². The van der Waals surface area contributed by atoms with Crippen LogP contribution in [0.3, 0.4) is 0 Å². The zero-order valence-electron chi connectivity index (χ0n) is 11.7. The van der Waals surface area contributed by atoms with E-state index in [-0.39, 0.29) is 23.7 Å². The van der Waals surface area contributed by atoms with E-state index < -0.39 is 10.9 Å². The van der Waals surface area contributed by atoms with Crippen LogP contribution in [0.2, 0.25) is 0 Å². The Hall–Kier alpha value is -2.82. The van der Waals surface area contributed by atoms with Gasteiger partial charge in [0.25, 0.3) is 0 Å². The summed E-state index contributed by atoms with van der Waals surface area (Å²) in [6, 6.07) is 0. The van der Waals surface area contributed by atoms with Crippen molar-refractivity contribution in [3.05, 3.63) is 38.9 Å². The van der Waals surface area contributed by atoms with Crippen LogP contribution in [0.15, 0.2) is 23.1 Å². The maximum atomic E-state index is 11.8. The highest BCUT2D eigenvalue weighted by molar-refractivity contribution is 9.10. The van der Waals surface area contributed by atoms with Crippen molar-refractivity contribution in [3.8, 4) is 11.3 Å². The average molecular weight is 381 g/mol. The monoisotopic (exact) mass is 380 g/mol. The molecule has 0 bridgehead atoms. The fraction of sp³-hybridized carbons (Fsp3) is 0.167. The number of nitro groups is 1. The van der Waals surface area contributed by atoms with Gasteiger partial charge in [-0.05, 0) is 22.9 Å². The number of carbonyl (C=O) groups is 1. The van der Waals surface area contributed by atoms with Crippen LogP contribution in [-0.2, 0) is 4.74 Å². The first-order valence-corrected chi connectivity index (χ1v) is 7.21. The molecule has 0 unspecified atom stereocenters. The summed E-state index contributed by atoms with van der Waals surface area (Å²) in [5, 5.41) is 21.3. The van der Waals surface area contributed by atoms with Gasteiger partial charge in [0.2, 0.25) is 0 Å². The molecule has 3 rings (SSSR count). The number of H-pyrrole nitrogens is 1. The van der Waals surface area contributed by atoms with Gasteiger partial charge in [-0.25, -0.2) is 14.3 Å². The van der Waals surface area contributed by atoms with Gasteiger partial charge in [-0.3, -0.25) is 15.2 Å². The number of hydrogen-bond donors (Lipinski definition) is 1. The minimum Gasteiger partial charge on any atom is -0.461 e. The molecule has 0 amide bonds. The summed E-state index contributed by atoms with van der Waals surface area (Å²) in [5.41, 5.74) is 0.901. The van der Waals surface area contributed by atoms with E-state index in [0.29, 0.717) is 15.7 Å². The van der Waals surface area contributed by atoms with Gasteiger partial charge in [0.15, 0.2) is 11.3 Å². The normalized spacial score (nSPS) is 10.9. The first-order valence-electron chi connectivity index (χ1n) is 6.42. The van der Waals surface area contributed by atoms with Crippen molar-refractivity contribution >= 4 is 33.2 Å². The van der Waals surface area contributed by atoms with Crippen LogP contribution >= 0.6 is 15.9 Å². The van der Waals surface area contributed by atoms with Crippen LogP contribution in [0.4, 0.5) is 5.69 Å². The second-order valence-electron chi connectivity index (χ2n) is 4.38. The third kappa shape index (κ3) is 2.54. The number of carbonyl (C=O) groups excluding carboxylic acids is 1. The molecule has 0 aromatic carbocycles. The first-order chi connectivity index (χ1) is 11.0. The number of ether oxygens (including phenoxy) is 1. The Labute approximate surface area is 136 Å². The lowest BCUT2D eigenvalue weighted by Crippen LogP contribution is -2.06. The number of halogens is 1. The van der Waals surface area contributed by atoms with Gasteiger partial charge in [-0.15, -0.1) is 0 Å². The largest absolute Gasteiger partial charge is 0.461 e. The standard InChI is InChI=1S/C12H9BrN6O4/c1-2-23-12(20)10-8(13)11-14-3-6(5-18(11)17-10)9-7(19(21)22)4-15-16-9/h3-5H,2H2,1H3,(H,15,16). The maximum Gasteiger partial charge on any atom is 0.360 e. The van der Waals surface area contributed by atoms with E-state index in [1.165, 1.54) is 16.9 Å². The summed E-state index contributed by atoms with van der Waals surface area (Å²) in [6.45, 7) is 1.91. The molecular weight excluding hydrogens is 372 g/mol. The molecule has 10 nitrogen and oxygen atoms in total. The van der Waals surface area contributed by atoms with Gasteiger partial charge < -0.3 is 4.74 Å². The Kier molecular flexibility index (Phi) is 3.78. The highest BCUT2D eigenvalue weighted by atomic mass is 79.9. The number of nitrogens with one attached hydrogen (secondary N) is 1. The van der Waals surface area contributed by atoms with E-state index in [4.69, 9.17) is 4.74 Å². The minimum atomic E-state index is -0.584. The van der Waals surface area contributed by atoms with E-state index in [1.807, 2.05) is 0 Å². The van der Waals surface area contributed by atoms with E-state index in [2.05, 4.69) is 36.2 Å². The van der Waals surface area contributed by atoms with Crippen LogP contribution in [0, 0.1) is 10.1 Å². The SMILES string of the molecule is CCOC(=O)c1nn2cc(-c3[nH]ncc3[N+](=O)[O-])cnc2c1Br. The summed E-state index contributed by atoms with van der Waals surface area (Å²) in [4.78, 5) is 26.4. The zero-order chi connectivity index (χ0) is 16.6. The molecule has 3 aromatic rings. The predicted octanol–water partition coefficient (Wildman–Crippen LogP) is 1.97. The highest BCUT2D eigenvalue weighted by Crippen LogP contribution is 2.28. The number of fused-ring (bicyclic) bond motifs is 1. The Morgan fingerprint density at radius 3 is 3.00 bits per heavy atom. The van der Waals surface area contributed by atoms with Crippen molar-refractivity contribution in [3.63, 3.8) is 0 Å². The molecule has 0 aliphatic rings. The Morgan fingerprint density at radius 1 is 1.52 bits per heavy atom. The lowest BCUT2D eigenvalue weighted by atomic mass is 10.2. The maximum absolute atomic E-state index is 11.8. The van der Waals surface area contributed by atoms with Crippen molar-refractivity contribution in [2.45, 2.75) is 6.92 Å². The number of rotatable bonds is 4. The molecule has 3 heterocycles. The molecular formula is C12H9BrN6O4. The van der Waals surface area contributed by atoms with E-state index in [9.17, 15) is 14.9 Å². The highest BCUT2D eigenvalue weighted by Gasteiger charge is 2.22. The molecule has 118 valence electrons. The van der Waals surface area contributed by atoms with Crippen LogP contribution in [-0.4, -0.2) is 42.3 Å². The van der Waals surface area contributed by atoms with Gasteiger partial charge >= 0.3 is 11.7 Å². The topological polar surface area (TPSA) is 128 Å². The summed E-state index contributed by atoms with van der Waals surface area (Å²) < 4.78 is 6.65. The van der Waals surface area contributed by atoms with Crippen LogP contribution in [0.25, 0.3) is 16.9 Å². The van der Waals surface area contributed by atoms with Crippen molar-refractivity contribution in [1.29, 1.82) is 0 Å². The third-order valence-electron chi connectivity index (χ3n) is 2.99. The average Bonchev–Trinajstić information content (AvgIpc) is 3.12. The fourth-order valence-electron chi connectivity index (χ4n) is 2.00. The van der Waals surface area contributed by atoms with Crippen molar-refractivity contribution in [2.24, 2.45) is 0 Å². The van der Waals surface area contributed by atoms with Crippen molar-refractivity contribution in [1.82, 2.24) is 24.8 Å². The molecule has 0 atom stereocenters. The smallest absolute Gasteiger partial charge is 0.360 e. The fourth-order valence-corrected chi connectivity index (χ4v) is 2.52. The molecule has 0 saturated heterocycles. The number of hydrogen-bond acceptors (Lipinski definition) is 7. The van der Waals surface area contributed by atoms with E-state index in [1.54, 1.807) is 6.92 Å². The van der Waals surface area contributed by atoms with Gasteiger partial charge in [0.05, 0.1) is 16.0 Å².